The second-order valence-electron chi connectivity index (χ2n) is 6.65. The molecule has 1 saturated carbocycles. The van der Waals surface area contributed by atoms with Crippen LogP contribution in [0.4, 0.5) is 0 Å². The van der Waals surface area contributed by atoms with Crippen molar-refractivity contribution >= 4 is 27.3 Å². The van der Waals surface area contributed by atoms with Crippen LogP contribution in [0, 0.1) is 5.92 Å². The van der Waals surface area contributed by atoms with E-state index in [2.05, 4.69) is 51.4 Å². The van der Waals surface area contributed by atoms with Gasteiger partial charge in [0.25, 0.3) is 0 Å². The molecule has 4 heteroatoms. The number of piperazine rings is 1. The SMILES string of the molecule is CCCC1CNC(C)(C2CC2)CN1Cc1cc(Br)cs1. The van der Waals surface area contributed by atoms with Gasteiger partial charge in [-0.25, -0.2) is 0 Å². The number of rotatable bonds is 5. The summed E-state index contributed by atoms with van der Waals surface area (Å²) in [6.07, 6.45) is 5.41. The van der Waals surface area contributed by atoms with Crippen molar-refractivity contribution in [3.63, 3.8) is 0 Å². The van der Waals surface area contributed by atoms with Gasteiger partial charge in [-0.15, -0.1) is 11.3 Å². The molecule has 1 N–H and O–H groups in total. The van der Waals surface area contributed by atoms with Crippen molar-refractivity contribution in [1.82, 2.24) is 10.2 Å². The van der Waals surface area contributed by atoms with Crippen LogP contribution in [0.5, 0.6) is 0 Å². The van der Waals surface area contributed by atoms with E-state index in [9.17, 15) is 0 Å². The van der Waals surface area contributed by atoms with Crippen LogP contribution in [0.3, 0.4) is 0 Å². The van der Waals surface area contributed by atoms with Gasteiger partial charge >= 0.3 is 0 Å². The second-order valence-corrected chi connectivity index (χ2v) is 8.56. The van der Waals surface area contributed by atoms with E-state index in [1.807, 2.05) is 11.3 Å². The first-order valence-electron chi connectivity index (χ1n) is 7.82. The van der Waals surface area contributed by atoms with E-state index in [-0.39, 0.29) is 0 Å². The van der Waals surface area contributed by atoms with Crippen LogP contribution < -0.4 is 5.32 Å². The van der Waals surface area contributed by atoms with E-state index in [1.54, 1.807) is 0 Å². The highest BCUT2D eigenvalue weighted by Crippen LogP contribution is 2.42. The molecule has 3 rings (SSSR count). The Morgan fingerprint density at radius 1 is 1.50 bits per heavy atom. The van der Waals surface area contributed by atoms with E-state index in [1.165, 1.54) is 41.6 Å². The second kappa shape index (κ2) is 6.07. The van der Waals surface area contributed by atoms with Crippen molar-refractivity contribution in [2.24, 2.45) is 5.92 Å². The van der Waals surface area contributed by atoms with Gasteiger partial charge in [0.1, 0.15) is 0 Å². The number of thiophene rings is 1. The monoisotopic (exact) mass is 356 g/mol. The van der Waals surface area contributed by atoms with Crippen molar-refractivity contribution in [2.45, 2.75) is 57.7 Å². The predicted octanol–water partition coefficient (Wildman–Crippen LogP) is 4.25. The summed E-state index contributed by atoms with van der Waals surface area (Å²) >= 11 is 5.46. The van der Waals surface area contributed by atoms with E-state index >= 15 is 0 Å². The Balaban J connectivity index is 1.71. The summed E-state index contributed by atoms with van der Waals surface area (Å²) in [5.74, 6) is 0.905. The highest BCUT2D eigenvalue weighted by Gasteiger charge is 2.45. The fraction of sp³-hybridized carbons (Fsp3) is 0.750. The standard InChI is InChI=1S/C16H25BrN2S/c1-3-4-14-8-18-16(2,12-5-6-12)11-19(14)9-15-7-13(17)10-20-15/h7,10,12,14,18H,3-6,8-9,11H2,1-2H3. The number of nitrogens with one attached hydrogen (secondary N) is 1. The number of hydrogen-bond acceptors (Lipinski definition) is 3. The molecule has 0 aromatic carbocycles. The molecule has 1 saturated heterocycles. The fourth-order valence-electron chi connectivity index (χ4n) is 3.52. The maximum Gasteiger partial charge on any atom is 0.0332 e. The molecular weight excluding hydrogens is 332 g/mol. The molecule has 0 amide bonds. The largest absolute Gasteiger partial charge is 0.308 e. The highest BCUT2D eigenvalue weighted by atomic mass is 79.9. The topological polar surface area (TPSA) is 15.3 Å². The van der Waals surface area contributed by atoms with Crippen LogP contribution in [0.1, 0.15) is 44.4 Å². The van der Waals surface area contributed by atoms with E-state index < -0.39 is 0 Å². The third-order valence-corrected chi connectivity index (χ3v) is 6.55. The Morgan fingerprint density at radius 2 is 2.30 bits per heavy atom. The average Bonchev–Trinajstić information content (AvgIpc) is 3.19. The molecule has 2 aliphatic rings. The molecule has 1 aromatic rings. The smallest absolute Gasteiger partial charge is 0.0332 e. The molecule has 112 valence electrons. The first-order valence-corrected chi connectivity index (χ1v) is 9.50. The quantitative estimate of drug-likeness (QED) is 0.847. The summed E-state index contributed by atoms with van der Waals surface area (Å²) in [7, 11) is 0. The summed E-state index contributed by atoms with van der Waals surface area (Å²) in [5.41, 5.74) is 0.346. The van der Waals surface area contributed by atoms with Crippen LogP contribution in [0.2, 0.25) is 0 Å². The lowest BCUT2D eigenvalue weighted by molar-refractivity contribution is 0.0647. The van der Waals surface area contributed by atoms with Crippen LogP contribution in [0.25, 0.3) is 0 Å². The minimum atomic E-state index is 0.346. The van der Waals surface area contributed by atoms with Gasteiger partial charge in [0.05, 0.1) is 0 Å². The van der Waals surface area contributed by atoms with Gasteiger partial charge in [-0.1, -0.05) is 13.3 Å². The molecule has 2 nitrogen and oxygen atoms in total. The van der Waals surface area contributed by atoms with Gasteiger partial charge in [0.2, 0.25) is 0 Å². The van der Waals surface area contributed by atoms with Crippen molar-refractivity contribution in [1.29, 1.82) is 0 Å². The van der Waals surface area contributed by atoms with Gasteiger partial charge in [0.15, 0.2) is 0 Å². The van der Waals surface area contributed by atoms with Crippen LogP contribution in [0.15, 0.2) is 15.9 Å². The minimum Gasteiger partial charge on any atom is -0.308 e. The van der Waals surface area contributed by atoms with Gasteiger partial charge in [-0.3, -0.25) is 4.90 Å². The van der Waals surface area contributed by atoms with Gasteiger partial charge in [-0.05, 0) is 54.1 Å². The van der Waals surface area contributed by atoms with Crippen molar-refractivity contribution in [2.75, 3.05) is 13.1 Å². The Morgan fingerprint density at radius 3 is 2.90 bits per heavy atom. The highest BCUT2D eigenvalue weighted by molar-refractivity contribution is 9.10. The van der Waals surface area contributed by atoms with Crippen LogP contribution in [-0.4, -0.2) is 29.6 Å². The number of nitrogens with zero attached hydrogens (tertiary/aromatic N) is 1. The minimum absolute atomic E-state index is 0.346. The Bertz CT molecular complexity index is 457. The van der Waals surface area contributed by atoms with Gasteiger partial charge < -0.3 is 5.32 Å². The summed E-state index contributed by atoms with van der Waals surface area (Å²) in [6.45, 7) is 8.22. The van der Waals surface area contributed by atoms with E-state index in [0.29, 0.717) is 11.6 Å². The summed E-state index contributed by atoms with van der Waals surface area (Å²) in [5, 5.41) is 6.07. The van der Waals surface area contributed by atoms with E-state index in [4.69, 9.17) is 0 Å². The molecule has 1 aliphatic heterocycles. The van der Waals surface area contributed by atoms with Crippen molar-refractivity contribution in [3.8, 4) is 0 Å². The molecule has 2 fully saturated rings. The lowest BCUT2D eigenvalue weighted by Crippen LogP contribution is -2.63. The fourth-order valence-corrected chi connectivity index (χ4v) is 5.00. The van der Waals surface area contributed by atoms with Crippen LogP contribution in [-0.2, 0) is 6.54 Å². The first-order chi connectivity index (χ1) is 9.60. The normalized spacial score (nSPS) is 31.6. The molecule has 2 atom stereocenters. The molecule has 1 aromatic heterocycles. The molecule has 0 spiro atoms. The van der Waals surface area contributed by atoms with Crippen LogP contribution >= 0.6 is 27.3 Å². The zero-order valence-electron chi connectivity index (χ0n) is 12.5. The summed E-state index contributed by atoms with van der Waals surface area (Å²) < 4.78 is 1.23. The third-order valence-electron chi connectivity index (χ3n) is 4.87. The molecule has 2 heterocycles. The van der Waals surface area contributed by atoms with Crippen molar-refractivity contribution < 1.29 is 0 Å². The zero-order chi connectivity index (χ0) is 14.2. The maximum absolute atomic E-state index is 3.87. The molecular formula is C16H25BrN2S. The summed E-state index contributed by atoms with van der Waals surface area (Å²) in [4.78, 5) is 4.22. The van der Waals surface area contributed by atoms with Gasteiger partial charge in [-0.2, -0.15) is 0 Å². The predicted molar refractivity (Wildman–Crippen MR) is 90.3 cm³/mol. The maximum atomic E-state index is 3.87. The summed E-state index contributed by atoms with van der Waals surface area (Å²) in [6, 6.07) is 2.98. The lowest BCUT2D eigenvalue weighted by Gasteiger charge is -2.46. The van der Waals surface area contributed by atoms with Crippen molar-refractivity contribution in [3.05, 3.63) is 20.8 Å². The zero-order valence-corrected chi connectivity index (χ0v) is 14.9. The molecule has 0 bridgehead atoms. The molecule has 2 unspecified atom stereocenters. The average molecular weight is 357 g/mol. The Hall–Kier alpha value is 0.1000. The Kier molecular flexibility index (Phi) is 4.56. The molecule has 0 radical (unpaired) electrons. The number of hydrogen-bond donors (Lipinski definition) is 1. The first kappa shape index (κ1) is 15.0. The number of halogens is 1. The molecule has 20 heavy (non-hydrogen) atoms. The van der Waals surface area contributed by atoms with E-state index in [0.717, 1.165) is 19.0 Å². The Labute approximate surface area is 135 Å². The molecule has 1 aliphatic carbocycles. The third kappa shape index (κ3) is 3.29. The van der Waals surface area contributed by atoms with Gasteiger partial charge in [0, 0.05) is 45.9 Å². The lowest BCUT2D eigenvalue weighted by atomic mass is 9.90.